The highest BCUT2D eigenvalue weighted by molar-refractivity contribution is 5.98. The number of aromatic nitrogens is 1. The zero-order valence-electron chi connectivity index (χ0n) is 16.8. The largest absolute Gasteiger partial charge is 0.494 e. The number of benzene rings is 1. The van der Waals surface area contributed by atoms with Gasteiger partial charge in [0.05, 0.1) is 26.5 Å². The lowest BCUT2D eigenvalue weighted by molar-refractivity contribution is -0.125. The van der Waals surface area contributed by atoms with Gasteiger partial charge >= 0.3 is 0 Å². The zero-order valence-corrected chi connectivity index (χ0v) is 16.8. The lowest BCUT2D eigenvalue weighted by Gasteiger charge is -2.23. The first-order chi connectivity index (χ1) is 14.5. The molecule has 2 heterocycles. The molecule has 1 aromatic heterocycles. The van der Waals surface area contributed by atoms with Crippen LogP contribution in [0.2, 0.25) is 0 Å². The minimum Gasteiger partial charge on any atom is -0.494 e. The number of carbonyl (C=O) groups excluding carboxylic acids is 2. The molecule has 2 amide bonds. The van der Waals surface area contributed by atoms with Crippen LogP contribution in [0.4, 0.5) is 4.39 Å². The Morgan fingerprint density at radius 1 is 1.30 bits per heavy atom. The molecule has 1 N–H and O–H groups in total. The number of likely N-dealkylation sites (tertiary alicyclic amines) is 1. The number of ether oxygens (including phenoxy) is 3. The van der Waals surface area contributed by atoms with Gasteiger partial charge in [0.2, 0.25) is 5.91 Å². The van der Waals surface area contributed by atoms with E-state index in [1.165, 1.54) is 31.3 Å². The minimum absolute atomic E-state index is 0.0413. The number of nitrogens with zero attached hydrogens (tertiary/aromatic N) is 2. The highest BCUT2D eigenvalue weighted by atomic mass is 19.1. The van der Waals surface area contributed by atoms with Crippen molar-refractivity contribution in [1.82, 2.24) is 15.2 Å². The summed E-state index contributed by atoms with van der Waals surface area (Å²) in [6, 6.07) is 6.71. The molecular formula is C21H24FN3O5. The molecule has 0 saturated carbocycles. The van der Waals surface area contributed by atoms with Crippen molar-refractivity contribution in [3.05, 3.63) is 54.1 Å². The third-order valence-corrected chi connectivity index (χ3v) is 4.77. The summed E-state index contributed by atoms with van der Waals surface area (Å²) in [7, 11) is 2.88. The van der Waals surface area contributed by atoms with Crippen LogP contribution in [0, 0.1) is 5.82 Å². The van der Waals surface area contributed by atoms with Crippen molar-refractivity contribution >= 4 is 11.8 Å². The normalized spacial score (nSPS) is 18.2. The van der Waals surface area contributed by atoms with Gasteiger partial charge in [0, 0.05) is 31.8 Å². The molecule has 9 heteroatoms. The molecule has 1 saturated heterocycles. The van der Waals surface area contributed by atoms with E-state index in [1.807, 2.05) is 0 Å². The number of rotatable bonds is 8. The molecule has 160 valence electrons. The van der Waals surface area contributed by atoms with E-state index in [0.717, 1.165) is 6.07 Å². The highest BCUT2D eigenvalue weighted by Gasteiger charge is 2.41. The molecule has 1 aromatic carbocycles. The fraction of sp³-hybridized carbons (Fsp3) is 0.381. The van der Waals surface area contributed by atoms with E-state index in [2.05, 4.69) is 10.3 Å². The summed E-state index contributed by atoms with van der Waals surface area (Å²) in [5.74, 6) is -0.829. The molecule has 0 spiro atoms. The SMILES string of the molecule is COCCNC(=O)[C@@H]1C[C@H](Oc2cccnc2)CN1C(=O)c1ccc(OC)c(F)c1. The van der Waals surface area contributed by atoms with Gasteiger partial charge in [-0.15, -0.1) is 0 Å². The minimum atomic E-state index is -0.749. The predicted octanol–water partition coefficient (Wildman–Crippen LogP) is 1.65. The van der Waals surface area contributed by atoms with Crippen molar-refractivity contribution in [1.29, 1.82) is 0 Å². The summed E-state index contributed by atoms with van der Waals surface area (Å²) in [5.41, 5.74) is 0.130. The summed E-state index contributed by atoms with van der Waals surface area (Å²) in [5, 5.41) is 2.76. The number of nitrogens with one attached hydrogen (secondary N) is 1. The molecule has 2 atom stereocenters. The second-order valence-corrected chi connectivity index (χ2v) is 6.77. The van der Waals surface area contributed by atoms with E-state index in [4.69, 9.17) is 14.2 Å². The lowest BCUT2D eigenvalue weighted by Crippen LogP contribution is -2.46. The van der Waals surface area contributed by atoms with E-state index in [0.29, 0.717) is 25.3 Å². The molecule has 2 aromatic rings. The Bertz CT molecular complexity index is 880. The number of amides is 2. The molecule has 8 nitrogen and oxygen atoms in total. The van der Waals surface area contributed by atoms with Crippen LogP contribution in [0.15, 0.2) is 42.7 Å². The third kappa shape index (κ3) is 5.04. The summed E-state index contributed by atoms with van der Waals surface area (Å²) in [6.07, 6.45) is 3.09. The van der Waals surface area contributed by atoms with Crippen LogP contribution in [0.1, 0.15) is 16.8 Å². The number of hydrogen-bond donors (Lipinski definition) is 1. The maximum atomic E-state index is 14.1. The molecule has 0 unspecified atom stereocenters. The van der Waals surface area contributed by atoms with Crippen LogP contribution in [0.25, 0.3) is 0 Å². The predicted molar refractivity (Wildman–Crippen MR) is 106 cm³/mol. The van der Waals surface area contributed by atoms with Crippen LogP contribution in [0.3, 0.4) is 0 Å². The Morgan fingerprint density at radius 2 is 2.13 bits per heavy atom. The molecule has 30 heavy (non-hydrogen) atoms. The van der Waals surface area contributed by atoms with E-state index < -0.39 is 23.9 Å². The third-order valence-electron chi connectivity index (χ3n) is 4.77. The van der Waals surface area contributed by atoms with Gasteiger partial charge in [-0.25, -0.2) is 4.39 Å². The monoisotopic (exact) mass is 417 g/mol. The molecule has 1 fully saturated rings. The quantitative estimate of drug-likeness (QED) is 0.657. The van der Waals surface area contributed by atoms with Crippen LogP contribution < -0.4 is 14.8 Å². The number of halogens is 1. The van der Waals surface area contributed by atoms with Crippen LogP contribution in [-0.2, 0) is 9.53 Å². The van der Waals surface area contributed by atoms with Crippen LogP contribution >= 0.6 is 0 Å². The average molecular weight is 417 g/mol. The van der Waals surface area contributed by atoms with Crippen molar-refractivity contribution in [3.63, 3.8) is 0 Å². The molecule has 3 rings (SSSR count). The van der Waals surface area contributed by atoms with Crippen molar-refractivity contribution in [2.45, 2.75) is 18.6 Å². The number of carbonyl (C=O) groups is 2. The Hall–Kier alpha value is -3.20. The van der Waals surface area contributed by atoms with E-state index in [9.17, 15) is 14.0 Å². The van der Waals surface area contributed by atoms with Gasteiger partial charge in [-0.3, -0.25) is 14.6 Å². The van der Waals surface area contributed by atoms with Crippen molar-refractivity contribution < 1.29 is 28.2 Å². The van der Waals surface area contributed by atoms with E-state index in [1.54, 1.807) is 24.5 Å². The Labute approximate surface area is 173 Å². The highest BCUT2D eigenvalue weighted by Crippen LogP contribution is 2.26. The van der Waals surface area contributed by atoms with Gasteiger partial charge in [-0.1, -0.05) is 0 Å². The first-order valence-corrected chi connectivity index (χ1v) is 9.51. The van der Waals surface area contributed by atoms with Gasteiger partial charge in [0.15, 0.2) is 11.6 Å². The van der Waals surface area contributed by atoms with Crippen molar-refractivity contribution in [2.24, 2.45) is 0 Å². The average Bonchev–Trinajstić information content (AvgIpc) is 3.17. The topological polar surface area (TPSA) is 90.0 Å². The van der Waals surface area contributed by atoms with E-state index >= 15 is 0 Å². The first-order valence-electron chi connectivity index (χ1n) is 9.51. The van der Waals surface area contributed by atoms with Gasteiger partial charge in [-0.05, 0) is 30.3 Å². The summed E-state index contributed by atoms with van der Waals surface area (Å²) < 4.78 is 29.9. The molecule has 0 radical (unpaired) electrons. The molecular weight excluding hydrogens is 393 g/mol. The van der Waals surface area contributed by atoms with E-state index in [-0.39, 0.29) is 23.8 Å². The van der Waals surface area contributed by atoms with Gasteiger partial charge in [0.1, 0.15) is 17.9 Å². The Morgan fingerprint density at radius 3 is 2.80 bits per heavy atom. The summed E-state index contributed by atoms with van der Waals surface area (Å²) >= 11 is 0. The molecule has 0 bridgehead atoms. The fourth-order valence-corrected chi connectivity index (χ4v) is 3.32. The number of methoxy groups -OCH3 is 2. The lowest BCUT2D eigenvalue weighted by atomic mass is 10.1. The second-order valence-electron chi connectivity index (χ2n) is 6.77. The van der Waals surface area contributed by atoms with Gasteiger partial charge in [-0.2, -0.15) is 0 Å². The maximum absolute atomic E-state index is 14.1. The molecule has 1 aliphatic heterocycles. The van der Waals surface area contributed by atoms with Crippen LogP contribution in [0.5, 0.6) is 11.5 Å². The fourth-order valence-electron chi connectivity index (χ4n) is 3.32. The maximum Gasteiger partial charge on any atom is 0.254 e. The summed E-state index contributed by atoms with van der Waals surface area (Å²) in [6.45, 7) is 0.856. The summed E-state index contributed by atoms with van der Waals surface area (Å²) in [4.78, 5) is 31.2. The smallest absolute Gasteiger partial charge is 0.254 e. The van der Waals surface area contributed by atoms with Crippen molar-refractivity contribution in [2.75, 3.05) is 33.9 Å². The Balaban J connectivity index is 1.79. The number of pyridine rings is 1. The van der Waals surface area contributed by atoms with Crippen LogP contribution in [-0.4, -0.2) is 67.8 Å². The van der Waals surface area contributed by atoms with Gasteiger partial charge < -0.3 is 24.4 Å². The molecule has 0 aliphatic carbocycles. The first kappa shape index (κ1) is 21.5. The zero-order chi connectivity index (χ0) is 21.5. The van der Waals surface area contributed by atoms with Crippen molar-refractivity contribution in [3.8, 4) is 11.5 Å². The second kappa shape index (κ2) is 10.0. The molecule has 1 aliphatic rings. The van der Waals surface area contributed by atoms with Gasteiger partial charge in [0.25, 0.3) is 5.91 Å². The standard InChI is InChI=1S/C21H24FN3O5/c1-28-9-8-24-20(26)18-11-16(30-15-4-3-7-23-12-15)13-25(18)21(27)14-5-6-19(29-2)17(22)10-14/h3-7,10,12,16,18H,8-9,11,13H2,1-2H3,(H,24,26)/t16-,18-/m0/s1. The number of hydrogen-bond acceptors (Lipinski definition) is 6. The Kier molecular flexibility index (Phi) is 7.18.